The van der Waals surface area contributed by atoms with Gasteiger partial charge in [-0.1, -0.05) is 87.7 Å². The predicted molar refractivity (Wildman–Crippen MR) is 179 cm³/mol. The van der Waals surface area contributed by atoms with Crippen molar-refractivity contribution in [3.05, 3.63) is 129 Å². The van der Waals surface area contributed by atoms with E-state index in [9.17, 15) is 18.0 Å². The molecule has 4 aromatic carbocycles. The van der Waals surface area contributed by atoms with Crippen molar-refractivity contribution < 1.29 is 18.0 Å². The maximum absolute atomic E-state index is 14.4. The second-order valence-corrected chi connectivity index (χ2v) is 14.0. The van der Waals surface area contributed by atoms with Crippen molar-refractivity contribution in [1.29, 1.82) is 0 Å². The van der Waals surface area contributed by atoms with Gasteiger partial charge in [0, 0.05) is 28.5 Å². The molecule has 7 nitrogen and oxygen atoms in total. The monoisotopic (exact) mass is 695 g/mol. The number of sulfonamides is 1. The molecule has 0 aliphatic rings. The van der Waals surface area contributed by atoms with Crippen molar-refractivity contribution in [2.24, 2.45) is 0 Å². The molecule has 0 saturated carbocycles. The smallest absolute Gasteiger partial charge is 0.264 e. The van der Waals surface area contributed by atoms with Gasteiger partial charge in [-0.05, 0) is 80.4 Å². The third-order valence-corrected chi connectivity index (χ3v) is 9.54. The number of rotatable bonds is 12. The van der Waals surface area contributed by atoms with Crippen LogP contribution in [0.4, 0.5) is 5.69 Å². The number of carbonyl (C=O) groups excluding carboxylic acids is 2. The van der Waals surface area contributed by atoms with Gasteiger partial charge in [0.15, 0.2) is 0 Å². The summed E-state index contributed by atoms with van der Waals surface area (Å²) in [6.45, 7) is 5.14. The summed E-state index contributed by atoms with van der Waals surface area (Å²) in [6.07, 6.45) is 0.243. The number of nitrogens with one attached hydrogen (secondary N) is 1. The summed E-state index contributed by atoms with van der Waals surface area (Å²) >= 11 is 9.58. The number of carbonyl (C=O) groups is 2. The van der Waals surface area contributed by atoms with Crippen LogP contribution < -0.4 is 9.62 Å². The van der Waals surface area contributed by atoms with Gasteiger partial charge in [0.2, 0.25) is 11.8 Å². The first-order chi connectivity index (χ1) is 20.9. The lowest BCUT2D eigenvalue weighted by atomic mass is 10.0. The molecule has 230 valence electrons. The predicted octanol–water partition coefficient (Wildman–Crippen LogP) is 6.77. The Balaban J connectivity index is 1.79. The molecule has 4 rings (SSSR count). The van der Waals surface area contributed by atoms with Gasteiger partial charge < -0.3 is 10.2 Å². The molecule has 0 radical (unpaired) electrons. The molecule has 0 heterocycles. The number of hydrogen-bond acceptors (Lipinski definition) is 4. The second-order valence-electron chi connectivity index (χ2n) is 10.8. The molecule has 0 bridgehead atoms. The number of nitrogens with zero attached hydrogens (tertiary/aromatic N) is 2. The van der Waals surface area contributed by atoms with E-state index in [2.05, 4.69) is 21.2 Å². The van der Waals surface area contributed by atoms with Crippen LogP contribution in [0, 0.1) is 6.92 Å². The highest BCUT2D eigenvalue weighted by molar-refractivity contribution is 9.10. The van der Waals surface area contributed by atoms with Crippen LogP contribution in [0.3, 0.4) is 0 Å². The summed E-state index contributed by atoms with van der Waals surface area (Å²) < 4.78 is 30.1. The van der Waals surface area contributed by atoms with Crippen LogP contribution in [0.2, 0.25) is 5.02 Å². The van der Waals surface area contributed by atoms with Crippen molar-refractivity contribution in [3.8, 4) is 0 Å². The van der Waals surface area contributed by atoms with E-state index in [0.29, 0.717) is 5.02 Å². The van der Waals surface area contributed by atoms with E-state index >= 15 is 0 Å². The van der Waals surface area contributed by atoms with Crippen molar-refractivity contribution in [3.63, 3.8) is 0 Å². The van der Waals surface area contributed by atoms with Crippen LogP contribution >= 0.6 is 27.5 Å². The standard InChI is InChI=1S/C34H35BrClN3O4S/c1-24(2)37-34(41)32(21-26-7-5-4-6-8-26)38(22-27-11-13-28(35)14-12-27)33(40)23-39(30-17-15-29(36)16-18-30)44(42,43)31-19-9-25(3)10-20-31/h4-20,24,32H,21-23H2,1-3H3,(H,37,41)/t32-/m1/s1. The quantitative estimate of drug-likeness (QED) is 0.177. The molecule has 0 fully saturated rings. The fourth-order valence-corrected chi connectivity index (χ4v) is 6.50. The fraction of sp³-hybridized carbons (Fsp3) is 0.235. The lowest BCUT2D eigenvalue weighted by Gasteiger charge is -2.34. The summed E-state index contributed by atoms with van der Waals surface area (Å²) in [5.41, 5.74) is 2.83. The van der Waals surface area contributed by atoms with Crippen LogP contribution in [0.5, 0.6) is 0 Å². The maximum Gasteiger partial charge on any atom is 0.264 e. The third kappa shape index (κ3) is 8.71. The number of hydrogen-bond donors (Lipinski definition) is 1. The normalized spacial score (nSPS) is 12.0. The lowest BCUT2D eigenvalue weighted by molar-refractivity contribution is -0.140. The SMILES string of the molecule is Cc1ccc(S(=O)(=O)N(CC(=O)N(Cc2ccc(Br)cc2)[C@H](Cc2ccccc2)C(=O)NC(C)C)c2ccc(Cl)cc2)cc1. The lowest BCUT2D eigenvalue weighted by Crippen LogP contribution is -2.54. The highest BCUT2D eigenvalue weighted by atomic mass is 79.9. The van der Waals surface area contributed by atoms with Crippen molar-refractivity contribution in [2.75, 3.05) is 10.8 Å². The molecule has 1 N–H and O–H groups in total. The van der Waals surface area contributed by atoms with Gasteiger partial charge in [0.25, 0.3) is 10.0 Å². The van der Waals surface area contributed by atoms with E-state index < -0.39 is 28.5 Å². The Labute approximate surface area is 273 Å². The van der Waals surface area contributed by atoms with Gasteiger partial charge >= 0.3 is 0 Å². The summed E-state index contributed by atoms with van der Waals surface area (Å²) in [7, 11) is -4.18. The number of benzene rings is 4. The van der Waals surface area contributed by atoms with Crippen LogP contribution in [0.1, 0.15) is 30.5 Å². The van der Waals surface area contributed by atoms with E-state index in [1.165, 1.54) is 17.0 Å². The molecule has 4 aromatic rings. The van der Waals surface area contributed by atoms with Crippen LogP contribution in [-0.2, 0) is 32.6 Å². The first kappa shape index (κ1) is 33.2. The summed E-state index contributed by atoms with van der Waals surface area (Å²) in [4.78, 5) is 29.7. The van der Waals surface area contributed by atoms with Crippen molar-refractivity contribution in [1.82, 2.24) is 10.2 Å². The largest absolute Gasteiger partial charge is 0.352 e. The minimum absolute atomic E-state index is 0.0451. The molecule has 0 unspecified atom stereocenters. The Hall–Kier alpha value is -3.66. The number of amides is 2. The Morgan fingerprint density at radius 3 is 2.05 bits per heavy atom. The molecule has 0 saturated heterocycles. The topological polar surface area (TPSA) is 86.8 Å². The van der Waals surface area contributed by atoms with Gasteiger partial charge in [-0.3, -0.25) is 13.9 Å². The Morgan fingerprint density at radius 2 is 1.45 bits per heavy atom. The molecular weight excluding hydrogens is 662 g/mol. The molecule has 0 aliphatic heterocycles. The first-order valence-corrected chi connectivity index (χ1v) is 16.8. The molecule has 0 aliphatic carbocycles. The van der Waals surface area contributed by atoms with Gasteiger partial charge in [-0.2, -0.15) is 0 Å². The van der Waals surface area contributed by atoms with Crippen LogP contribution in [-0.4, -0.2) is 43.8 Å². The number of halogens is 2. The van der Waals surface area contributed by atoms with Crippen molar-refractivity contribution in [2.45, 2.75) is 50.7 Å². The summed E-state index contributed by atoms with van der Waals surface area (Å²) in [6, 6.07) is 28.6. The zero-order valence-corrected chi connectivity index (χ0v) is 27.9. The third-order valence-electron chi connectivity index (χ3n) is 6.97. The molecule has 10 heteroatoms. The fourth-order valence-electron chi connectivity index (χ4n) is 4.69. The Kier molecular flexibility index (Phi) is 11.2. The number of aryl methyl sites for hydroxylation is 1. The molecule has 1 atom stereocenters. The van der Waals surface area contributed by atoms with E-state index in [-0.39, 0.29) is 35.5 Å². The van der Waals surface area contributed by atoms with E-state index in [4.69, 9.17) is 11.6 Å². The summed E-state index contributed by atoms with van der Waals surface area (Å²) in [5.74, 6) is -0.854. The second kappa shape index (κ2) is 14.9. The van der Waals surface area contributed by atoms with Gasteiger partial charge in [0.05, 0.1) is 10.6 Å². The maximum atomic E-state index is 14.4. The average Bonchev–Trinajstić information content (AvgIpc) is 2.99. The Bertz CT molecular complexity index is 1660. The molecule has 44 heavy (non-hydrogen) atoms. The average molecular weight is 697 g/mol. The molecule has 0 aromatic heterocycles. The molecular formula is C34H35BrClN3O4S. The molecule has 0 spiro atoms. The minimum atomic E-state index is -4.18. The van der Waals surface area contributed by atoms with Crippen molar-refractivity contribution >= 4 is 55.1 Å². The summed E-state index contributed by atoms with van der Waals surface area (Å²) in [5, 5.41) is 3.39. The van der Waals surface area contributed by atoms with E-state index in [1.54, 1.807) is 36.4 Å². The van der Waals surface area contributed by atoms with E-state index in [0.717, 1.165) is 25.5 Å². The highest BCUT2D eigenvalue weighted by Gasteiger charge is 2.34. The molecule has 2 amide bonds. The minimum Gasteiger partial charge on any atom is -0.352 e. The van der Waals surface area contributed by atoms with Crippen LogP contribution in [0.25, 0.3) is 0 Å². The first-order valence-electron chi connectivity index (χ1n) is 14.2. The highest BCUT2D eigenvalue weighted by Crippen LogP contribution is 2.27. The zero-order valence-electron chi connectivity index (χ0n) is 24.8. The zero-order chi connectivity index (χ0) is 31.9. The number of anilines is 1. The van der Waals surface area contributed by atoms with Gasteiger partial charge in [-0.15, -0.1) is 0 Å². The van der Waals surface area contributed by atoms with Crippen LogP contribution in [0.15, 0.2) is 112 Å². The van der Waals surface area contributed by atoms with E-state index in [1.807, 2.05) is 75.4 Å². The Morgan fingerprint density at radius 1 is 0.841 bits per heavy atom. The van der Waals surface area contributed by atoms with Gasteiger partial charge in [-0.25, -0.2) is 8.42 Å². The van der Waals surface area contributed by atoms with Gasteiger partial charge in [0.1, 0.15) is 12.6 Å².